The first-order valence-electron chi connectivity index (χ1n) is 6.42. The summed E-state index contributed by atoms with van der Waals surface area (Å²) in [6.45, 7) is -0.606. The Bertz CT molecular complexity index is 872. The standard InChI is InChI=1S/C12H11Cl2N5O4/c13-12(14)8(21)6(3-20)23-11(12,4-15)7-2-1-5-9(22)17-10(16)18-19(5)7/h1-2,6,8,20-21H,3H2,(H3,16,17,18,22)/t6-,8?,11+/m1/s1. The van der Waals surface area contributed by atoms with Gasteiger partial charge in [-0.05, 0) is 12.1 Å². The van der Waals surface area contributed by atoms with E-state index in [-0.39, 0.29) is 17.2 Å². The molecule has 2 aromatic rings. The van der Waals surface area contributed by atoms with E-state index >= 15 is 0 Å². The highest BCUT2D eigenvalue weighted by atomic mass is 35.5. The summed E-state index contributed by atoms with van der Waals surface area (Å²) < 4.78 is 4.43. The smallest absolute Gasteiger partial charge is 0.276 e. The van der Waals surface area contributed by atoms with Crippen LogP contribution in [0.2, 0.25) is 0 Å². The highest BCUT2D eigenvalue weighted by molar-refractivity contribution is 6.50. The molecule has 0 bridgehead atoms. The maximum absolute atomic E-state index is 11.9. The molecule has 0 aromatic carbocycles. The second-order valence-electron chi connectivity index (χ2n) is 5.05. The number of fused-ring (bicyclic) bond motifs is 1. The predicted octanol–water partition coefficient (Wildman–Crippen LogP) is -0.750. The van der Waals surface area contributed by atoms with E-state index in [1.807, 2.05) is 6.07 Å². The topological polar surface area (TPSA) is 150 Å². The Morgan fingerprint density at radius 1 is 1.57 bits per heavy atom. The monoisotopic (exact) mass is 359 g/mol. The number of ether oxygens (including phenoxy) is 1. The van der Waals surface area contributed by atoms with E-state index in [1.165, 1.54) is 12.1 Å². The summed E-state index contributed by atoms with van der Waals surface area (Å²) >= 11 is 12.4. The maximum Gasteiger partial charge on any atom is 0.276 e. The highest BCUT2D eigenvalue weighted by Gasteiger charge is 2.67. The van der Waals surface area contributed by atoms with E-state index in [2.05, 4.69) is 10.1 Å². The molecule has 3 heterocycles. The summed E-state index contributed by atoms with van der Waals surface area (Å²) in [5.41, 5.74) is 3.00. The number of halogens is 2. The first-order valence-corrected chi connectivity index (χ1v) is 7.18. The van der Waals surface area contributed by atoms with Crippen molar-refractivity contribution in [2.75, 3.05) is 12.3 Å². The number of aliphatic hydroxyl groups excluding tert-OH is 2. The number of nitriles is 1. The van der Waals surface area contributed by atoms with Crippen LogP contribution in [0.3, 0.4) is 0 Å². The first-order chi connectivity index (χ1) is 10.8. The fourth-order valence-corrected chi connectivity index (χ4v) is 3.27. The molecule has 0 saturated carbocycles. The lowest BCUT2D eigenvalue weighted by Gasteiger charge is -2.30. The number of aromatic nitrogens is 3. The highest BCUT2D eigenvalue weighted by Crippen LogP contribution is 2.53. The average Bonchev–Trinajstić information content (AvgIpc) is 2.99. The van der Waals surface area contributed by atoms with Gasteiger partial charge in [-0.25, -0.2) is 4.52 Å². The lowest BCUT2D eigenvalue weighted by molar-refractivity contribution is -0.0524. The number of nitrogens with one attached hydrogen (secondary N) is 1. The van der Waals surface area contributed by atoms with Gasteiger partial charge in [0.05, 0.1) is 12.3 Å². The predicted molar refractivity (Wildman–Crippen MR) is 79.9 cm³/mol. The third-order valence-corrected chi connectivity index (χ3v) is 4.74. The number of H-pyrrole nitrogens is 1. The lowest BCUT2D eigenvalue weighted by Crippen LogP contribution is -2.46. The maximum atomic E-state index is 11.9. The van der Waals surface area contributed by atoms with Crippen LogP contribution < -0.4 is 11.3 Å². The molecule has 3 rings (SSSR count). The number of hydrogen-bond donors (Lipinski definition) is 4. The minimum absolute atomic E-state index is 0.00722. The SMILES string of the molecule is N#C[C@@]1(c2ccc3c(=O)[nH]c(N)nn23)O[C@H](CO)C(O)C1(Cl)Cl. The summed E-state index contributed by atoms with van der Waals surface area (Å²) in [6.07, 6.45) is -2.73. The number of hydrogen-bond acceptors (Lipinski definition) is 7. The van der Waals surface area contributed by atoms with Crippen molar-refractivity contribution in [3.05, 3.63) is 28.2 Å². The van der Waals surface area contributed by atoms with Gasteiger partial charge in [-0.15, -0.1) is 5.10 Å². The zero-order valence-electron chi connectivity index (χ0n) is 11.4. The van der Waals surface area contributed by atoms with Crippen LogP contribution in [-0.2, 0) is 10.3 Å². The third kappa shape index (κ3) is 1.97. The van der Waals surface area contributed by atoms with Crippen molar-refractivity contribution in [2.45, 2.75) is 22.1 Å². The second-order valence-corrected chi connectivity index (χ2v) is 6.44. The van der Waals surface area contributed by atoms with Crippen LogP contribution in [0.15, 0.2) is 16.9 Å². The van der Waals surface area contributed by atoms with Crippen LogP contribution in [-0.4, -0.2) is 48.0 Å². The van der Waals surface area contributed by atoms with Gasteiger partial charge in [-0.3, -0.25) is 9.78 Å². The Kier molecular flexibility index (Phi) is 3.55. The van der Waals surface area contributed by atoms with E-state index in [4.69, 9.17) is 33.7 Å². The van der Waals surface area contributed by atoms with Crippen LogP contribution in [0.1, 0.15) is 5.69 Å². The number of anilines is 1. The van der Waals surface area contributed by atoms with Crippen molar-refractivity contribution >= 4 is 34.7 Å². The number of rotatable bonds is 2. The number of aliphatic hydroxyl groups is 2. The minimum atomic E-state index is -2.11. The van der Waals surface area contributed by atoms with Gasteiger partial charge in [0.15, 0.2) is 4.33 Å². The molecule has 1 unspecified atom stereocenters. The van der Waals surface area contributed by atoms with Crippen LogP contribution in [0, 0.1) is 11.3 Å². The van der Waals surface area contributed by atoms with E-state index in [0.717, 1.165) is 4.52 Å². The van der Waals surface area contributed by atoms with Gasteiger partial charge in [0.2, 0.25) is 11.5 Å². The molecule has 3 atom stereocenters. The molecule has 5 N–H and O–H groups in total. The van der Waals surface area contributed by atoms with Gasteiger partial charge in [0, 0.05) is 0 Å². The van der Waals surface area contributed by atoms with Crippen LogP contribution in [0.4, 0.5) is 5.95 Å². The molecule has 0 radical (unpaired) electrons. The molecule has 0 aliphatic carbocycles. The van der Waals surface area contributed by atoms with Crippen molar-refractivity contribution in [2.24, 2.45) is 0 Å². The molecular formula is C12H11Cl2N5O4. The quantitative estimate of drug-likeness (QED) is 0.515. The molecular weight excluding hydrogens is 349 g/mol. The molecule has 9 nitrogen and oxygen atoms in total. The van der Waals surface area contributed by atoms with Crippen molar-refractivity contribution in [1.82, 2.24) is 14.6 Å². The summed E-state index contributed by atoms with van der Waals surface area (Å²) in [5, 5.41) is 33.0. The van der Waals surface area contributed by atoms with Gasteiger partial charge < -0.3 is 20.7 Å². The molecule has 0 spiro atoms. The summed E-state index contributed by atoms with van der Waals surface area (Å²) in [6, 6.07) is 4.57. The van der Waals surface area contributed by atoms with E-state index in [9.17, 15) is 20.3 Å². The number of nitrogen functional groups attached to an aromatic ring is 1. The number of nitrogens with two attached hydrogens (primary N) is 1. The van der Waals surface area contributed by atoms with Crippen LogP contribution in [0.25, 0.3) is 5.52 Å². The van der Waals surface area contributed by atoms with Crippen LogP contribution in [0.5, 0.6) is 0 Å². The number of alkyl halides is 2. The van der Waals surface area contributed by atoms with Crippen molar-refractivity contribution in [3.8, 4) is 6.07 Å². The van der Waals surface area contributed by atoms with Gasteiger partial charge >= 0.3 is 0 Å². The molecule has 1 fully saturated rings. The Labute approximate surface area is 138 Å². The van der Waals surface area contributed by atoms with Crippen molar-refractivity contribution < 1.29 is 14.9 Å². The third-order valence-electron chi connectivity index (χ3n) is 3.76. The summed E-state index contributed by atoms with van der Waals surface area (Å²) in [7, 11) is 0. The van der Waals surface area contributed by atoms with Crippen molar-refractivity contribution in [1.29, 1.82) is 5.26 Å². The average molecular weight is 360 g/mol. The van der Waals surface area contributed by atoms with Gasteiger partial charge in [0.25, 0.3) is 5.56 Å². The fraction of sp³-hybridized carbons (Fsp3) is 0.417. The van der Waals surface area contributed by atoms with E-state index in [1.54, 1.807) is 0 Å². The minimum Gasteiger partial charge on any atom is -0.394 e. The zero-order valence-corrected chi connectivity index (χ0v) is 12.9. The lowest BCUT2D eigenvalue weighted by atomic mass is 9.94. The number of nitrogens with zero attached hydrogens (tertiary/aromatic N) is 3. The normalized spacial score (nSPS) is 29.7. The molecule has 1 saturated heterocycles. The second kappa shape index (κ2) is 5.09. The van der Waals surface area contributed by atoms with E-state index in [0.29, 0.717) is 0 Å². The molecule has 122 valence electrons. The number of aromatic amines is 1. The van der Waals surface area contributed by atoms with Gasteiger partial charge in [0.1, 0.15) is 23.8 Å². The van der Waals surface area contributed by atoms with Gasteiger partial charge in [-0.1, -0.05) is 23.2 Å². The summed E-state index contributed by atoms with van der Waals surface area (Å²) in [5.74, 6) is -0.194. The molecule has 23 heavy (non-hydrogen) atoms. The zero-order chi connectivity index (χ0) is 17.0. The Balaban J connectivity index is 2.32. The van der Waals surface area contributed by atoms with Crippen LogP contribution >= 0.6 is 23.2 Å². The fourth-order valence-electron chi connectivity index (χ4n) is 2.63. The largest absolute Gasteiger partial charge is 0.394 e. The Morgan fingerprint density at radius 2 is 2.26 bits per heavy atom. The molecule has 2 aromatic heterocycles. The molecule has 0 amide bonds. The molecule has 1 aliphatic rings. The van der Waals surface area contributed by atoms with Crippen molar-refractivity contribution in [3.63, 3.8) is 0 Å². The van der Waals surface area contributed by atoms with Gasteiger partial charge in [-0.2, -0.15) is 5.26 Å². The first kappa shape index (κ1) is 16.0. The van der Waals surface area contributed by atoms with E-state index < -0.39 is 34.3 Å². The Morgan fingerprint density at radius 3 is 2.83 bits per heavy atom. The molecule has 11 heteroatoms. The molecule has 1 aliphatic heterocycles. The summed E-state index contributed by atoms with van der Waals surface area (Å²) in [4.78, 5) is 14.2. The Hall–Kier alpha value is -1.83.